The van der Waals surface area contributed by atoms with Crippen molar-refractivity contribution in [1.82, 2.24) is 4.98 Å². The van der Waals surface area contributed by atoms with Gasteiger partial charge < -0.3 is 4.98 Å². The van der Waals surface area contributed by atoms with Crippen molar-refractivity contribution in [3.05, 3.63) is 129 Å². The van der Waals surface area contributed by atoms with E-state index in [1.807, 2.05) is 0 Å². The van der Waals surface area contributed by atoms with Gasteiger partial charge in [0.05, 0.1) is 11.6 Å². The molecule has 0 saturated heterocycles. The van der Waals surface area contributed by atoms with Crippen LogP contribution < -0.4 is 0 Å². The number of rotatable bonds is 0. The highest BCUT2D eigenvalue weighted by molar-refractivity contribution is 6.22. The Kier molecular flexibility index (Phi) is 3.88. The van der Waals surface area contributed by atoms with Crippen molar-refractivity contribution in [3.63, 3.8) is 0 Å². The zero-order valence-electron chi connectivity index (χ0n) is 21.2. The Morgan fingerprint density at radius 3 is 1.89 bits per heavy atom. The summed E-state index contributed by atoms with van der Waals surface area (Å²) in [5, 5.41) is 15.5. The lowest BCUT2D eigenvalue weighted by molar-refractivity contribution is 0.591. The number of hydrogen-bond donors (Lipinski definition) is 1. The molecule has 3 aliphatic rings. The summed E-state index contributed by atoms with van der Waals surface area (Å²) in [6.07, 6.45) is 0. The summed E-state index contributed by atoms with van der Waals surface area (Å²) in [4.78, 5) is 3.70. The Balaban J connectivity index is 1.56. The van der Waals surface area contributed by atoms with E-state index in [9.17, 15) is 5.26 Å². The summed E-state index contributed by atoms with van der Waals surface area (Å²) >= 11 is 0. The lowest BCUT2D eigenvalue weighted by Crippen LogP contribution is -2.28. The quantitative estimate of drug-likeness (QED) is 0.235. The molecule has 3 aliphatic carbocycles. The van der Waals surface area contributed by atoms with Crippen LogP contribution in [0, 0.1) is 11.3 Å². The van der Waals surface area contributed by atoms with E-state index in [2.05, 4.69) is 117 Å². The minimum Gasteiger partial charge on any atom is -0.354 e. The van der Waals surface area contributed by atoms with Gasteiger partial charge in [-0.2, -0.15) is 5.26 Å². The number of H-pyrrole nitrogens is 1. The Labute approximate surface area is 216 Å². The van der Waals surface area contributed by atoms with Crippen LogP contribution in [0.15, 0.2) is 84.9 Å². The molecule has 0 atom stereocenters. The van der Waals surface area contributed by atoms with E-state index < -0.39 is 0 Å². The highest BCUT2D eigenvalue weighted by atomic mass is 14.7. The standard InChI is InChI=1S/C35H26N2/c1-35(2,3)21-13-14-22-19(16-21)12-15-27-32(22)33-28(37-27)17-20(18-36)29-30-23-8-4-6-10-25(23)31(34(29)33)26-11-7-5-9-24(26)30/h4-17,30-31,37H,1-3H3. The lowest BCUT2D eigenvalue weighted by atomic mass is 9.59. The topological polar surface area (TPSA) is 39.6 Å². The number of nitrogens with one attached hydrogen (secondary N) is 1. The largest absolute Gasteiger partial charge is 0.354 e. The number of aromatic amines is 1. The molecule has 6 aromatic rings. The first kappa shape index (κ1) is 20.8. The Hall–Kier alpha value is -4.35. The third kappa shape index (κ3) is 2.59. The van der Waals surface area contributed by atoms with Crippen LogP contribution in [0.1, 0.15) is 77.1 Å². The van der Waals surface area contributed by atoms with Crippen LogP contribution in [-0.4, -0.2) is 4.98 Å². The molecule has 1 N–H and O–H groups in total. The average molecular weight is 475 g/mol. The van der Waals surface area contributed by atoms with E-state index in [-0.39, 0.29) is 17.3 Å². The van der Waals surface area contributed by atoms with Crippen molar-refractivity contribution in [3.8, 4) is 6.07 Å². The van der Waals surface area contributed by atoms with E-state index in [1.165, 1.54) is 60.5 Å². The lowest BCUT2D eigenvalue weighted by Gasteiger charge is -2.43. The molecule has 37 heavy (non-hydrogen) atoms. The molecule has 0 fully saturated rings. The molecule has 0 amide bonds. The van der Waals surface area contributed by atoms with Crippen LogP contribution in [0.5, 0.6) is 0 Å². The number of fused-ring (bicyclic) bond motifs is 5. The summed E-state index contributed by atoms with van der Waals surface area (Å²) < 4.78 is 0. The van der Waals surface area contributed by atoms with Crippen molar-refractivity contribution in [2.45, 2.75) is 38.0 Å². The fourth-order valence-electron chi connectivity index (χ4n) is 7.14. The SMILES string of the molecule is CC(C)(C)c1ccc2c(ccc3[nH]c4cc(C#N)c5c(c4c32)C2c3ccccc3C5c3ccccc32)c1. The van der Waals surface area contributed by atoms with Crippen molar-refractivity contribution in [2.24, 2.45) is 0 Å². The van der Waals surface area contributed by atoms with Gasteiger partial charge in [-0.25, -0.2) is 0 Å². The summed E-state index contributed by atoms with van der Waals surface area (Å²) in [7, 11) is 0. The Morgan fingerprint density at radius 2 is 1.30 bits per heavy atom. The zero-order valence-corrected chi connectivity index (χ0v) is 21.2. The number of nitriles is 1. The summed E-state index contributed by atoms with van der Waals surface area (Å²) in [5.41, 5.74) is 12.4. The minimum absolute atomic E-state index is 0.0823. The number of hydrogen-bond acceptors (Lipinski definition) is 1. The first-order valence-corrected chi connectivity index (χ1v) is 13.1. The number of benzene rings is 5. The molecule has 2 bridgehead atoms. The predicted octanol–water partition coefficient (Wildman–Crippen LogP) is 8.63. The van der Waals surface area contributed by atoms with E-state index in [4.69, 9.17) is 0 Å². The van der Waals surface area contributed by atoms with Crippen LogP contribution in [0.4, 0.5) is 0 Å². The average Bonchev–Trinajstić information content (AvgIpc) is 3.30. The van der Waals surface area contributed by atoms with Crippen molar-refractivity contribution < 1.29 is 0 Å². The fourth-order valence-corrected chi connectivity index (χ4v) is 7.14. The molecule has 5 aromatic carbocycles. The van der Waals surface area contributed by atoms with Crippen molar-refractivity contribution in [2.75, 3.05) is 0 Å². The van der Waals surface area contributed by atoms with Crippen molar-refractivity contribution in [1.29, 1.82) is 5.26 Å². The van der Waals surface area contributed by atoms with Crippen LogP contribution in [0.3, 0.4) is 0 Å². The van der Waals surface area contributed by atoms with Crippen LogP contribution in [0.2, 0.25) is 0 Å². The summed E-state index contributed by atoms with van der Waals surface area (Å²) in [5.74, 6) is 0.199. The second-order valence-corrected chi connectivity index (χ2v) is 11.7. The van der Waals surface area contributed by atoms with Gasteiger partial charge in [-0.3, -0.25) is 0 Å². The molecule has 0 saturated carbocycles. The van der Waals surface area contributed by atoms with E-state index in [0.717, 1.165) is 16.6 Å². The molecule has 0 aliphatic heterocycles. The van der Waals surface area contributed by atoms with Gasteiger partial charge in [0.1, 0.15) is 0 Å². The summed E-state index contributed by atoms with van der Waals surface area (Å²) in [6.45, 7) is 6.80. The van der Waals surface area contributed by atoms with Gasteiger partial charge in [0, 0.05) is 33.6 Å². The maximum absolute atomic E-state index is 10.4. The van der Waals surface area contributed by atoms with Crippen LogP contribution >= 0.6 is 0 Å². The molecule has 0 unspecified atom stereocenters. The predicted molar refractivity (Wildman–Crippen MR) is 151 cm³/mol. The fraction of sp³-hybridized carbons (Fsp3) is 0.171. The van der Waals surface area contributed by atoms with Gasteiger partial charge in [-0.15, -0.1) is 0 Å². The Bertz CT molecular complexity index is 1940. The first-order valence-electron chi connectivity index (χ1n) is 13.1. The molecular formula is C35H26N2. The van der Waals surface area contributed by atoms with Crippen LogP contribution in [0.25, 0.3) is 32.6 Å². The molecule has 0 spiro atoms. The molecule has 1 heterocycles. The molecule has 1 aromatic heterocycles. The molecule has 176 valence electrons. The molecular weight excluding hydrogens is 448 g/mol. The van der Waals surface area contributed by atoms with Gasteiger partial charge >= 0.3 is 0 Å². The van der Waals surface area contributed by atoms with Gasteiger partial charge in [-0.1, -0.05) is 93.6 Å². The maximum atomic E-state index is 10.4. The van der Waals surface area contributed by atoms with E-state index in [1.54, 1.807) is 0 Å². The first-order chi connectivity index (χ1) is 18.0. The highest BCUT2D eigenvalue weighted by Gasteiger charge is 2.43. The third-order valence-corrected chi connectivity index (χ3v) is 8.75. The number of nitrogens with zero attached hydrogens (tertiary/aromatic N) is 1. The van der Waals surface area contributed by atoms with Crippen molar-refractivity contribution >= 4 is 32.6 Å². The monoisotopic (exact) mass is 474 g/mol. The van der Waals surface area contributed by atoms with Gasteiger partial charge in [-0.05, 0) is 67.3 Å². The number of aromatic nitrogens is 1. The highest BCUT2D eigenvalue weighted by Crippen LogP contribution is 2.59. The molecule has 2 heteroatoms. The van der Waals surface area contributed by atoms with E-state index >= 15 is 0 Å². The van der Waals surface area contributed by atoms with E-state index in [0.29, 0.717) is 0 Å². The van der Waals surface area contributed by atoms with Crippen LogP contribution in [-0.2, 0) is 5.41 Å². The third-order valence-electron chi connectivity index (χ3n) is 8.75. The second kappa shape index (κ2) is 6.90. The second-order valence-electron chi connectivity index (χ2n) is 11.7. The Morgan fingerprint density at radius 1 is 0.676 bits per heavy atom. The summed E-state index contributed by atoms with van der Waals surface area (Å²) in [6, 6.07) is 33.7. The molecule has 0 radical (unpaired) electrons. The molecule has 2 nitrogen and oxygen atoms in total. The normalized spacial score (nSPS) is 17.6. The molecule has 9 rings (SSSR count). The maximum Gasteiger partial charge on any atom is 0.0995 e. The zero-order chi connectivity index (χ0) is 25.1. The smallest absolute Gasteiger partial charge is 0.0995 e. The minimum atomic E-state index is 0.0823. The van der Waals surface area contributed by atoms with Gasteiger partial charge in [0.15, 0.2) is 0 Å². The van der Waals surface area contributed by atoms with Gasteiger partial charge in [0.2, 0.25) is 0 Å². The van der Waals surface area contributed by atoms with Gasteiger partial charge in [0.25, 0.3) is 0 Å².